The Labute approximate surface area is 95.7 Å². The zero-order valence-corrected chi connectivity index (χ0v) is 9.96. The van der Waals surface area contributed by atoms with Gasteiger partial charge < -0.3 is 4.74 Å². The minimum absolute atomic E-state index is 0.208. The van der Waals surface area contributed by atoms with E-state index in [1.54, 1.807) is 0 Å². The quantitative estimate of drug-likeness (QED) is 0.862. The van der Waals surface area contributed by atoms with Crippen LogP contribution < -0.4 is 9.46 Å². The lowest BCUT2D eigenvalue weighted by atomic mass is 9.93. The molecular weight excluding hydrogens is 226 g/mol. The van der Waals surface area contributed by atoms with Crippen molar-refractivity contribution >= 4 is 10.0 Å². The summed E-state index contributed by atoms with van der Waals surface area (Å²) in [5, 5.41) is 0. The summed E-state index contributed by atoms with van der Waals surface area (Å²) in [5.74, 6) is 1.08. The Morgan fingerprint density at radius 2 is 2.19 bits per heavy atom. The molecule has 16 heavy (non-hydrogen) atoms. The lowest BCUT2D eigenvalue weighted by molar-refractivity contribution is 0.267. The highest BCUT2D eigenvalue weighted by Crippen LogP contribution is 2.32. The summed E-state index contributed by atoms with van der Waals surface area (Å²) in [5.41, 5.74) is 1.09. The Bertz CT molecular complexity index is 470. The van der Waals surface area contributed by atoms with Crippen LogP contribution in [0.3, 0.4) is 0 Å². The number of para-hydroxylation sites is 1. The molecule has 2 rings (SSSR count). The maximum Gasteiger partial charge on any atom is 0.208 e. The molecule has 1 unspecified atom stereocenters. The molecule has 1 aliphatic heterocycles. The van der Waals surface area contributed by atoms with Gasteiger partial charge in [0, 0.05) is 12.5 Å². The van der Waals surface area contributed by atoms with Crippen LogP contribution in [0.15, 0.2) is 24.3 Å². The van der Waals surface area contributed by atoms with Crippen LogP contribution in [0.4, 0.5) is 0 Å². The van der Waals surface area contributed by atoms with Gasteiger partial charge in [-0.1, -0.05) is 18.2 Å². The average molecular weight is 241 g/mol. The Kier molecular flexibility index (Phi) is 3.16. The highest BCUT2D eigenvalue weighted by Gasteiger charge is 2.21. The second-order valence-corrected chi connectivity index (χ2v) is 5.83. The third-order valence-corrected chi connectivity index (χ3v) is 3.37. The molecule has 4 nitrogen and oxygen atoms in total. The lowest BCUT2D eigenvalue weighted by Gasteiger charge is -2.25. The molecule has 1 atom stereocenters. The van der Waals surface area contributed by atoms with Gasteiger partial charge in [-0.25, -0.2) is 13.1 Å². The number of rotatable bonds is 3. The molecule has 0 fully saturated rings. The molecule has 1 heterocycles. The minimum Gasteiger partial charge on any atom is -0.493 e. The Balaban J connectivity index is 2.13. The molecule has 1 aromatic carbocycles. The number of ether oxygens (including phenoxy) is 1. The van der Waals surface area contributed by atoms with Crippen molar-refractivity contribution in [1.82, 2.24) is 4.72 Å². The van der Waals surface area contributed by atoms with Gasteiger partial charge in [0.15, 0.2) is 0 Å². The third kappa shape index (κ3) is 2.74. The highest BCUT2D eigenvalue weighted by atomic mass is 32.2. The molecule has 0 aliphatic carbocycles. The van der Waals surface area contributed by atoms with Crippen molar-refractivity contribution in [2.75, 3.05) is 19.4 Å². The number of fused-ring (bicyclic) bond motifs is 1. The van der Waals surface area contributed by atoms with E-state index in [4.69, 9.17) is 4.74 Å². The summed E-state index contributed by atoms with van der Waals surface area (Å²) < 4.78 is 30.1. The van der Waals surface area contributed by atoms with Crippen molar-refractivity contribution in [3.8, 4) is 5.75 Å². The smallest absolute Gasteiger partial charge is 0.208 e. The van der Waals surface area contributed by atoms with Crippen molar-refractivity contribution < 1.29 is 13.2 Å². The van der Waals surface area contributed by atoms with E-state index in [0.717, 1.165) is 17.7 Å². The molecule has 0 aromatic heterocycles. The van der Waals surface area contributed by atoms with Crippen molar-refractivity contribution in [3.63, 3.8) is 0 Å². The van der Waals surface area contributed by atoms with Crippen LogP contribution in [0.2, 0.25) is 0 Å². The van der Waals surface area contributed by atoms with Gasteiger partial charge >= 0.3 is 0 Å². The predicted molar refractivity (Wildman–Crippen MR) is 62.1 cm³/mol. The van der Waals surface area contributed by atoms with Crippen molar-refractivity contribution in [2.24, 2.45) is 0 Å². The van der Waals surface area contributed by atoms with Gasteiger partial charge in [0.05, 0.1) is 12.9 Å². The Hall–Kier alpha value is -1.07. The van der Waals surface area contributed by atoms with Crippen molar-refractivity contribution in [1.29, 1.82) is 0 Å². The summed E-state index contributed by atoms with van der Waals surface area (Å²) in [6.45, 7) is 1.09. The van der Waals surface area contributed by atoms with Crippen LogP contribution in [0.5, 0.6) is 5.75 Å². The molecule has 0 bridgehead atoms. The first kappa shape index (κ1) is 11.4. The highest BCUT2D eigenvalue weighted by molar-refractivity contribution is 7.88. The fraction of sp³-hybridized carbons (Fsp3) is 0.455. The molecule has 5 heteroatoms. The first-order chi connectivity index (χ1) is 7.56. The maximum absolute atomic E-state index is 11.0. The van der Waals surface area contributed by atoms with E-state index in [1.165, 1.54) is 6.26 Å². The molecule has 0 spiro atoms. The topological polar surface area (TPSA) is 55.4 Å². The Morgan fingerprint density at radius 3 is 2.94 bits per heavy atom. The van der Waals surface area contributed by atoms with E-state index < -0.39 is 10.0 Å². The lowest BCUT2D eigenvalue weighted by Crippen LogP contribution is -2.29. The number of benzene rings is 1. The molecular formula is C11H15NO3S. The van der Waals surface area contributed by atoms with Crippen LogP contribution in [-0.2, 0) is 10.0 Å². The van der Waals surface area contributed by atoms with Gasteiger partial charge in [-0.2, -0.15) is 0 Å². The van der Waals surface area contributed by atoms with E-state index in [1.807, 2.05) is 24.3 Å². The number of sulfonamides is 1. The molecule has 0 amide bonds. The summed E-state index contributed by atoms with van der Waals surface area (Å²) in [6, 6.07) is 7.78. The zero-order valence-electron chi connectivity index (χ0n) is 9.14. The molecule has 0 saturated carbocycles. The molecule has 0 saturated heterocycles. The van der Waals surface area contributed by atoms with E-state index in [0.29, 0.717) is 13.2 Å². The van der Waals surface area contributed by atoms with Crippen LogP contribution in [0.25, 0.3) is 0 Å². The van der Waals surface area contributed by atoms with Crippen molar-refractivity contribution in [2.45, 2.75) is 12.3 Å². The van der Waals surface area contributed by atoms with Crippen LogP contribution >= 0.6 is 0 Å². The fourth-order valence-corrected chi connectivity index (χ4v) is 2.38. The largest absolute Gasteiger partial charge is 0.493 e. The molecule has 1 aromatic rings. The number of nitrogens with one attached hydrogen (secondary N) is 1. The average Bonchev–Trinajstić information content (AvgIpc) is 2.25. The summed E-state index contributed by atoms with van der Waals surface area (Å²) >= 11 is 0. The van der Waals surface area contributed by atoms with E-state index in [9.17, 15) is 8.42 Å². The normalized spacial score (nSPS) is 19.9. The van der Waals surface area contributed by atoms with Gasteiger partial charge in [0.25, 0.3) is 0 Å². The predicted octanol–water partition coefficient (Wildman–Crippen LogP) is 1.10. The Morgan fingerprint density at radius 1 is 1.44 bits per heavy atom. The molecule has 88 valence electrons. The fourth-order valence-electron chi connectivity index (χ4n) is 1.88. The van der Waals surface area contributed by atoms with Crippen molar-refractivity contribution in [3.05, 3.63) is 29.8 Å². The summed E-state index contributed by atoms with van der Waals surface area (Å²) in [4.78, 5) is 0. The van der Waals surface area contributed by atoms with Gasteiger partial charge in [-0.15, -0.1) is 0 Å². The molecule has 1 N–H and O–H groups in total. The van der Waals surface area contributed by atoms with Gasteiger partial charge in [0.2, 0.25) is 10.0 Å². The third-order valence-electron chi connectivity index (χ3n) is 2.67. The van der Waals surface area contributed by atoms with E-state index in [2.05, 4.69) is 4.72 Å². The second-order valence-electron chi connectivity index (χ2n) is 3.99. The minimum atomic E-state index is -3.12. The first-order valence-electron chi connectivity index (χ1n) is 5.22. The first-order valence-corrected chi connectivity index (χ1v) is 7.12. The van der Waals surface area contributed by atoms with Gasteiger partial charge in [0.1, 0.15) is 5.75 Å². The monoisotopic (exact) mass is 241 g/mol. The van der Waals surface area contributed by atoms with E-state index in [-0.39, 0.29) is 5.92 Å². The zero-order chi connectivity index (χ0) is 11.6. The second kappa shape index (κ2) is 4.43. The number of hydrogen-bond donors (Lipinski definition) is 1. The van der Waals surface area contributed by atoms with E-state index >= 15 is 0 Å². The molecule has 0 radical (unpaired) electrons. The van der Waals surface area contributed by atoms with Crippen LogP contribution in [0, 0.1) is 0 Å². The van der Waals surface area contributed by atoms with Crippen LogP contribution in [-0.4, -0.2) is 27.8 Å². The summed E-state index contributed by atoms with van der Waals surface area (Å²) in [7, 11) is -3.12. The van der Waals surface area contributed by atoms with Gasteiger partial charge in [-0.05, 0) is 18.1 Å². The number of hydrogen-bond acceptors (Lipinski definition) is 3. The van der Waals surface area contributed by atoms with Gasteiger partial charge in [-0.3, -0.25) is 0 Å². The maximum atomic E-state index is 11.0. The SMILES string of the molecule is CS(=O)(=O)NCC1CCOc2ccccc21. The molecule has 1 aliphatic rings. The summed E-state index contributed by atoms with van der Waals surface area (Å²) in [6.07, 6.45) is 2.03. The van der Waals surface area contributed by atoms with Crippen LogP contribution in [0.1, 0.15) is 17.9 Å². The standard InChI is InChI=1S/C11H15NO3S/c1-16(13,14)12-8-9-6-7-15-11-5-3-2-4-10(9)11/h2-5,9,12H,6-8H2,1H3.